The van der Waals surface area contributed by atoms with Gasteiger partial charge in [-0.1, -0.05) is 18.2 Å². The van der Waals surface area contributed by atoms with Crippen molar-refractivity contribution >= 4 is 18.2 Å². The first kappa shape index (κ1) is 12.9. The molecule has 94 valence electrons. The Labute approximate surface area is 104 Å². The van der Waals surface area contributed by atoms with Crippen LogP contribution in [-0.4, -0.2) is 31.4 Å². The summed E-state index contributed by atoms with van der Waals surface area (Å²) in [5.74, 6) is 0.416. The third-order valence-corrected chi connectivity index (χ3v) is 3.39. The molecular weight excluding hydrogens is 265 g/mol. The molecule has 0 aliphatic carbocycles. The molecule has 17 heavy (non-hydrogen) atoms. The number of rotatable bonds is 4. The number of morpholine rings is 1. The van der Waals surface area contributed by atoms with E-state index < -0.39 is 6.95 Å². The molecule has 0 radical (unpaired) electrons. The fraction of sp³-hybridized carbons (Fsp3) is 0.400. The second-order valence-corrected chi connectivity index (χ2v) is 5.91. The Morgan fingerprint density at radius 2 is 1.88 bits per heavy atom. The molecule has 1 aromatic carbocycles. The van der Waals surface area contributed by atoms with Crippen LogP contribution in [0.3, 0.4) is 0 Å². The molecule has 1 saturated heterocycles. The molecule has 1 aliphatic rings. The average Bonchev–Trinajstić information content (AvgIpc) is 2.30. The summed E-state index contributed by atoms with van der Waals surface area (Å²) in [6.45, 7) is -1.53. The van der Waals surface area contributed by atoms with Gasteiger partial charge in [0.05, 0.1) is 13.2 Å². The lowest BCUT2D eigenvalue weighted by Crippen LogP contribution is -2.35. The van der Waals surface area contributed by atoms with Crippen molar-refractivity contribution < 1.29 is 18.5 Å². The zero-order chi connectivity index (χ0) is 12.1. The fourth-order valence-electron chi connectivity index (χ4n) is 1.39. The molecule has 0 aromatic heterocycles. The highest BCUT2D eigenvalue weighted by Crippen LogP contribution is 2.53. The van der Waals surface area contributed by atoms with Crippen molar-refractivity contribution in [2.75, 3.05) is 26.3 Å². The Balaban J connectivity index is 1.92. The molecule has 1 unspecified atom stereocenters. The maximum absolute atomic E-state index is 11.9. The molecule has 7 heteroatoms. The Kier molecular flexibility index (Phi) is 4.42. The van der Waals surface area contributed by atoms with Crippen LogP contribution in [0.25, 0.3) is 0 Å². The predicted octanol–water partition coefficient (Wildman–Crippen LogP) is 2.68. The number of ether oxygens (including phenoxy) is 1. The van der Waals surface area contributed by atoms with Crippen LogP contribution in [0.4, 0.5) is 0 Å². The number of benzene rings is 1. The molecule has 1 atom stereocenters. The van der Waals surface area contributed by atoms with E-state index in [0.717, 1.165) is 0 Å². The zero-order valence-corrected chi connectivity index (χ0v) is 10.8. The molecule has 5 nitrogen and oxygen atoms in total. The SMILES string of the molecule is O=P(Cl)(Oc1ccccc1)ON1CCOCC1. The third kappa shape index (κ3) is 4.30. The minimum absolute atomic E-state index is 0.416. The minimum atomic E-state index is -3.64. The quantitative estimate of drug-likeness (QED) is 0.792. The number of halogens is 1. The number of nitrogens with zero attached hydrogens (tertiary/aromatic N) is 1. The van der Waals surface area contributed by atoms with E-state index in [2.05, 4.69) is 0 Å². The van der Waals surface area contributed by atoms with Gasteiger partial charge in [-0.2, -0.15) is 9.69 Å². The summed E-state index contributed by atoms with van der Waals surface area (Å²) in [6, 6.07) is 8.69. The van der Waals surface area contributed by atoms with Crippen molar-refractivity contribution in [1.29, 1.82) is 0 Å². The van der Waals surface area contributed by atoms with Crippen LogP contribution >= 0.6 is 18.2 Å². The highest BCUT2D eigenvalue weighted by atomic mass is 35.7. The monoisotopic (exact) mass is 277 g/mol. The number of hydrogen-bond donors (Lipinski definition) is 0. The van der Waals surface area contributed by atoms with E-state index in [1.165, 1.54) is 5.06 Å². The summed E-state index contributed by atoms with van der Waals surface area (Å²) in [4.78, 5) is 0. The van der Waals surface area contributed by atoms with E-state index in [-0.39, 0.29) is 0 Å². The van der Waals surface area contributed by atoms with Gasteiger partial charge in [-0.3, -0.25) is 0 Å². The van der Waals surface area contributed by atoms with Gasteiger partial charge in [0.25, 0.3) is 0 Å². The van der Waals surface area contributed by atoms with Crippen molar-refractivity contribution in [2.24, 2.45) is 0 Å². The summed E-state index contributed by atoms with van der Waals surface area (Å²) < 4.78 is 27.3. The second-order valence-electron chi connectivity index (χ2n) is 3.46. The number of hydroxylamine groups is 2. The van der Waals surface area contributed by atoms with Crippen molar-refractivity contribution in [3.8, 4) is 5.75 Å². The normalized spacial score (nSPS) is 20.8. The molecule has 1 aliphatic heterocycles. The minimum Gasteiger partial charge on any atom is -0.412 e. The van der Waals surface area contributed by atoms with Crippen LogP contribution in [0.5, 0.6) is 5.75 Å². The van der Waals surface area contributed by atoms with Gasteiger partial charge in [-0.05, 0) is 12.1 Å². The van der Waals surface area contributed by atoms with Gasteiger partial charge in [0.15, 0.2) is 0 Å². The van der Waals surface area contributed by atoms with Gasteiger partial charge in [-0.15, -0.1) is 0 Å². The molecule has 0 saturated carbocycles. The van der Waals surface area contributed by atoms with Gasteiger partial charge in [-0.25, -0.2) is 4.57 Å². The van der Waals surface area contributed by atoms with Crippen LogP contribution in [0.2, 0.25) is 0 Å². The average molecular weight is 278 g/mol. The molecule has 2 rings (SSSR count). The lowest BCUT2D eigenvalue weighted by atomic mass is 10.3. The van der Waals surface area contributed by atoms with Crippen molar-refractivity contribution in [1.82, 2.24) is 5.06 Å². The van der Waals surface area contributed by atoms with Crippen LogP contribution in [0.1, 0.15) is 0 Å². The Hall–Kier alpha value is -0.580. The third-order valence-electron chi connectivity index (χ3n) is 2.14. The van der Waals surface area contributed by atoms with Crippen molar-refractivity contribution in [3.63, 3.8) is 0 Å². The maximum atomic E-state index is 11.9. The van der Waals surface area contributed by atoms with Crippen LogP contribution in [0.15, 0.2) is 30.3 Å². The summed E-state index contributed by atoms with van der Waals surface area (Å²) >= 11 is 5.73. The molecule has 0 bridgehead atoms. The summed E-state index contributed by atoms with van der Waals surface area (Å²) in [5.41, 5.74) is 0. The zero-order valence-electron chi connectivity index (χ0n) is 9.12. The first-order valence-corrected chi connectivity index (χ1v) is 7.67. The lowest BCUT2D eigenvalue weighted by molar-refractivity contribution is -0.119. The van der Waals surface area contributed by atoms with Crippen molar-refractivity contribution in [3.05, 3.63) is 30.3 Å². The summed E-state index contributed by atoms with van der Waals surface area (Å²) in [6.07, 6.45) is 0. The van der Waals surface area contributed by atoms with Crippen molar-refractivity contribution in [2.45, 2.75) is 0 Å². The van der Waals surface area contributed by atoms with Gasteiger partial charge >= 0.3 is 6.95 Å². The Morgan fingerprint density at radius 3 is 2.53 bits per heavy atom. The highest BCUT2D eigenvalue weighted by molar-refractivity contribution is 7.81. The van der Waals surface area contributed by atoms with Gasteiger partial charge in [0.2, 0.25) is 0 Å². The first-order valence-electron chi connectivity index (χ1n) is 5.22. The van der Waals surface area contributed by atoms with E-state index in [0.29, 0.717) is 32.1 Å². The van der Waals surface area contributed by atoms with E-state index in [4.69, 9.17) is 25.1 Å². The topological polar surface area (TPSA) is 48.0 Å². The van der Waals surface area contributed by atoms with E-state index in [9.17, 15) is 4.57 Å². The highest BCUT2D eigenvalue weighted by Gasteiger charge is 2.28. The Morgan fingerprint density at radius 1 is 1.24 bits per heavy atom. The summed E-state index contributed by atoms with van der Waals surface area (Å²) in [7, 11) is 0. The van der Waals surface area contributed by atoms with E-state index in [1.807, 2.05) is 6.07 Å². The molecule has 0 N–H and O–H groups in total. The van der Waals surface area contributed by atoms with Gasteiger partial charge in [0.1, 0.15) is 5.75 Å². The molecule has 1 heterocycles. The molecule has 0 amide bonds. The van der Waals surface area contributed by atoms with E-state index >= 15 is 0 Å². The molecule has 0 spiro atoms. The van der Waals surface area contributed by atoms with Crippen LogP contribution in [-0.2, 0) is 13.9 Å². The van der Waals surface area contributed by atoms with Gasteiger partial charge in [0, 0.05) is 24.3 Å². The largest absolute Gasteiger partial charge is 0.493 e. The Bertz CT molecular complexity index is 397. The fourth-order valence-corrected chi connectivity index (χ4v) is 2.74. The predicted molar refractivity (Wildman–Crippen MR) is 64.0 cm³/mol. The first-order chi connectivity index (χ1) is 8.16. The standard InChI is InChI=1S/C10H13ClNO4P/c11-17(13,15-10-4-2-1-3-5-10)16-12-6-8-14-9-7-12/h1-5H,6-9H2. The number of hydrogen-bond acceptors (Lipinski definition) is 5. The molecule has 1 aromatic rings. The maximum Gasteiger partial charge on any atom is 0.493 e. The van der Waals surface area contributed by atoms with Gasteiger partial charge < -0.3 is 9.26 Å². The van der Waals surface area contributed by atoms with E-state index in [1.54, 1.807) is 24.3 Å². The number of para-hydroxylation sites is 1. The molecular formula is C10H13ClNO4P. The van der Waals surface area contributed by atoms with Crippen LogP contribution in [0, 0.1) is 0 Å². The summed E-state index contributed by atoms with van der Waals surface area (Å²) in [5, 5.41) is 1.50. The van der Waals surface area contributed by atoms with Crippen LogP contribution < -0.4 is 4.52 Å². The smallest absolute Gasteiger partial charge is 0.412 e. The second kappa shape index (κ2) is 5.85. The molecule has 1 fully saturated rings. The lowest BCUT2D eigenvalue weighted by Gasteiger charge is -2.26.